The Morgan fingerprint density at radius 1 is 0.344 bits per heavy atom. The van der Waals surface area contributed by atoms with Gasteiger partial charge in [-0.15, -0.1) is 0 Å². The van der Waals surface area contributed by atoms with Crippen LogP contribution in [-0.2, 0) is 32.7 Å². The van der Waals surface area contributed by atoms with Crippen molar-refractivity contribution in [3.63, 3.8) is 0 Å². The van der Waals surface area contributed by atoms with E-state index < -0.39 is 32.5 Å². The quantitative estimate of drug-likeness (QED) is 0.0195. The van der Waals surface area contributed by atoms with Gasteiger partial charge in [0.25, 0.3) is 7.82 Å². The predicted octanol–water partition coefficient (Wildman–Crippen LogP) is 23.1. The zero-order chi connectivity index (χ0) is 65.5. The monoisotopic (exact) mass is 1270 g/mol. The fourth-order valence-electron chi connectivity index (χ4n) is 9.32. The minimum atomic E-state index is -4.65. The van der Waals surface area contributed by atoms with Crippen molar-refractivity contribution in [2.24, 2.45) is 0 Å². The molecule has 0 aromatic heterocycles. The van der Waals surface area contributed by atoms with Gasteiger partial charge in [0.1, 0.15) is 19.8 Å². The first-order valence-corrected chi connectivity index (χ1v) is 37.3. The minimum absolute atomic E-state index is 0.0396. The van der Waals surface area contributed by atoms with Gasteiger partial charge >= 0.3 is 11.9 Å². The highest BCUT2D eigenvalue weighted by Crippen LogP contribution is 2.38. The van der Waals surface area contributed by atoms with Gasteiger partial charge in [0.05, 0.1) is 27.7 Å². The fraction of sp³-hybridized carbons (Fsp3) is 0.625. The first-order chi connectivity index (χ1) is 44.0. The van der Waals surface area contributed by atoms with Crippen molar-refractivity contribution in [2.75, 3.05) is 47.5 Å². The maximum atomic E-state index is 12.9. The van der Waals surface area contributed by atoms with Gasteiger partial charge < -0.3 is 27.9 Å². The molecule has 0 aliphatic rings. The molecule has 0 aliphatic heterocycles. The highest BCUT2D eigenvalue weighted by molar-refractivity contribution is 7.45. The first-order valence-electron chi connectivity index (χ1n) is 35.8. The van der Waals surface area contributed by atoms with Crippen LogP contribution in [0.15, 0.2) is 170 Å². The average molecular weight is 1270 g/mol. The molecule has 0 fully saturated rings. The maximum Gasteiger partial charge on any atom is 0.306 e. The third kappa shape index (κ3) is 72.4. The lowest BCUT2D eigenvalue weighted by molar-refractivity contribution is -0.870. The number of ether oxygens (including phenoxy) is 2. The van der Waals surface area contributed by atoms with E-state index in [-0.39, 0.29) is 26.1 Å². The summed E-state index contributed by atoms with van der Waals surface area (Å²) in [5, 5.41) is 0. The zero-order valence-electron chi connectivity index (χ0n) is 58.0. The topological polar surface area (TPSA) is 111 Å². The number of esters is 2. The molecule has 510 valence electrons. The second kappa shape index (κ2) is 68.7. The second-order valence-corrected chi connectivity index (χ2v) is 25.9. The lowest BCUT2D eigenvalue weighted by atomic mass is 10.0. The Bertz CT molecular complexity index is 2130. The number of carbonyl (C=O) groups is 2. The number of carbonyl (C=O) groups excluding carboxylic acids is 2. The van der Waals surface area contributed by atoms with Crippen LogP contribution in [-0.4, -0.2) is 70.0 Å². The van der Waals surface area contributed by atoms with Crippen molar-refractivity contribution in [3.05, 3.63) is 170 Å². The van der Waals surface area contributed by atoms with Crippen LogP contribution < -0.4 is 4.89 Å². The summed E-state index contributed by atoms with van der Waals surface area (Å²) in [6, 6.07) is 0. The number of unbranched alkanes of at least 4 members (excludes halogenated alkanes) is 22. The van der Waals surface area contributed by atoms with E-state index in [1.807, 2.05) is 21.1 Å². The molecule has 0 heterocycles. The molecule has 0 aromatic rings. The molecule has 0 N–H and O–H groups in total. The van der Waals surface area contributed by atoms with Crippen molar-refractivity contribution in [3.8, 4) is 0 Å². The number of allylic oxidation sites excluding steroid dienone is 28. The number of likely N-dealkylation sites (N-methyl/N-ethyl adjacent to an activating group) is 1. The molecule has 2 atom stereocenters. The van der Waals surface area contributed by atoms with Crippen LogP contribution in [0.25, 0.3) is 0 Å². The predicted molar refractivity (Wildman–Crippen MR) is 387 cm³/mol. The molecule has 0 aliphatic carbocycles. The smallest absolute Gasteiger partial charge is 0.306 e. The number of rotatable bonds is 64. The largest absolute Gasteiger partial charge is 0.756 e. The molecule has 90 heavy (non-hydrogen) atoms. The lowest BCUT2D eigenvalue weighted by Crippen LogP contribution is -2.37. The molecule has 9 nitrogen and oxygen atoms in total. The van der Waals surface area contributed by atoms with Gasteiger partial charge in [-0.2, -0.15) is 0 Å². The highest BCUT2D eigenvalue weighted by Gasteiger charge is 2.22. The van der Waals surface area contributed by atoms with Crippen molar-refractivity contribution in [1.82, 2.24) is 0 Å². The van der Waals surface area contributed by atoms with Gasteiger partial charge in [-0.05, 0) is 128 Å². The van der Waals surface area contributed by atoms with E-state index in [1.165, 1.54) is 96.3 Å². The molecule has 2 unspecified atom stereocenters. The van der Waals surface area contributed by atoms with Crippen molar-refractivity contribution in [2.45, 2.75) is 277 Å². The second-order valence-electron chi connectivity index (χ2n) is 24.5. The summed E-state index contributed by atoms with van der Waals surface area (Å²) in [7, 11) is 1.15. The maximum absolute atomic E-state index is 12.9. The molecule has 0 spiro atoms. The van der Waals surface area contributed by atoms with Crippen molar-refractivity contribution >= 4 is 19.8 Å². The van der Waals surface area contributed by atoms with E-state index in [1.54, 1.807) is 0 Å². The average Bonchev–Trinajstić information content (AvgIpc) is 3.62. The normalized spacial score (nSPS) is 14.2. The third-order valence-corrected chi connectivity index (χ3v) is 15.7. The molecule has 0 radical (unpaired) electrons. The number of phosphoric acid groups is 1. The molecule has 0 aromatic carbocycles. The molecular weight excluding hydrogens is 1130 g/mol. The van der Waals surface area contributed by atoms with Crippen LogP contribution in [0.2, 0.25) is 0 Å². The molecule has 10 heteroatoms. The fourth-order valence-corrected chi connectivity index (χ4v) is 10.1. The summed E-state index contributed by atoms with van der Waals surface area (Å²) in [4.78, 5) is 38.1. The summed E-state index contributed by atoms with van der Waals surface area (Å²) in [5.74, 6) is -0.847. The van der Waals surface area contributed by atoms with Crippen LogP contribution >= 0.6 is 7.82 Å². The third-order valence-electron chi connectivity index (χ3n) is 14.7. The standard InChI is InChI=1S/C80H132NO8P/c1-6-8-10-12-14-16-18-20-22-24-26-28-30-32-33-34-35-36-37-38-39-40-41-42-43-44-45-46-47-49-51-53-55-57-59-61-63-65-67-69-71-73-80(83)89-78(77-88-90(84,85)87-75-74-81(3,4)5)76-86-79(82)72-70-68-66-64-62-60-58-56-54-52-50-48-31-29-27-25-23-21-19-17-15-13-11-9-7-2/h8-11,14-17,20-23,26-29,32-33,35-36,38-39,41-42,44-45,48,50,78H,6-7,12-13,18-19,24-25,30-31,34,37,40,43,46-47,49,51-77H2,1-5H3/b10-8-,11-9-,16-14-,17-15-,22-20-,23-21-,28-26-,29-27-,33-32-,36-35-,39-38-,42-41-,45-44-,50-48-. The first kappa shape index (κ1) is 85.4. The number of phosphoric ester groups is 1. The van der Waals surface area contributed by atoms with Crippen LogP contribution in [0.1, 0.15) is 271 Å². The van der Waals surface area contributed by atoms with Gasteiger partial charge in [-0.25, -0.2) is 0 Å². The van der Waals surface area contributed by atoms with E-state index in [4.69, 9.17) is 18.5 Å². The number of nitrogens with zero attached hydrogens (tertiary/aromatic N) is 1. The number of hydrogen-bond acceptors (Lipinski definition) is 8. The van der Waals surface area contributed by atoms with Crippen LogP contribution in [0.4, 0.5) is 0 Å². The highest BCUT2D eigenvalue weighted by atomic mass is 31.2. The minimum Gasteiger partial charge on any atom is -0.756 e. The zero-order valence-corrected chi connectivity index (χ0v) is 58.9. The molecular formula is C80H132NO8P. The van der Waals surface area contributed by atoms with Crippen LogP contribution in [0.3, 0.4) is 0 Å². The Kier molecular flexibility index (Phi) is 65.2. The summed E-state index contributed by atoms with van der Waals surface area (Å²) >= 11 is 0. The number of hydrogen-bond donors (Lipinski definition) is 0. The van der Waals surface area contributed by atoms with Gasteiger partial charge in [-0.3, -0.25) is 14.2 Å². The Hall–Kier alpha value is -4.63. The molecule has 0 bridgehead atoms. The van der Waals surface area contributed by atoms with Crippen LogP contribution in [0.5, 0.6) is 0 Å². The van der Waals surface area contributed by atoms with Crippen LogP contribution in [0, 0.1) is 0 Å². The molecule has 0 saturated heterocycles. The van der Waals surface area contributed by atoms with E-state index in [0.717, 1.165) is 141 Å². The SMILES string of the molecule is CC/C=C\C/C=C\C/C=C\C/C=C\C/C=C\C/C=C\C/C=C\C/C=C\C/C=C\CCCCCCCCCCCCCCCC(=O)OC(COC(=O)CCCCCCCCCCC/C=C\C/C=C\C/C=C\C/C=C\C/C=C\CC)COP(=O)([O-])OCC[N+](C)(C)C. The van der Waals surface area contributed by atoms with Gasteiger partial charge in [0.15, 0.2) is 6.10 Å². The van der Waals surface area contributed by atoms with E-state index >= 15 is 0 Å². The summed E-state index contributed by atoms with van der Waals surface area (Å²) in [5.41, 5.74) is 0. The van der Waals surface area contributed by atoms with E-state index in [0.29, 0.717) is 17.4 Å². The lowest BCUT2D eigenvalue weighted by Gasteiger charge is -2.28. The summed E-state index contributed by atoms with van der Waals surface area (Å²) in [6.07, 6.45) is 104. The Balaban J connectivity index is 4.08. The van der Waals surface area contributed by atoms with E-state index in [2.05, 4.69) is 184 Å². The molecule has 0 saturated carbocycles. The Morgan fingerprint density at radius 3 is 0.889 bits per heavy atom. The van der Waals surface area contributed by atoms with Gasteiger partial charge in [-0.1, -0.05) is 300 Å². The summed E-state index contributed by atoms with van der Waals surface area (Å²) in [6.45, 7) is 4.00. The molecule has 0 amide bonds. The Morgan fingerprint density at radius 2 is 0.600 bits per heavy atom. The summed E-state index contributed by atoms with van der Waals surface area (Å²) < 4.78 is 34.3. The van der Waals surface area contributed by atoms with Gasteiger partial charge in [0, 0.05) is 12.8 Å². The van der Waals surface area contributed by atoms with E-state index in [9.17, 15) is 19.0 Å². The van der Waals surface area contributed by atoms with Crippen molar-refractivity contribution in [1.29, 1.82) is 0 Å². The Labute approximate surface area is 553 Å². The van der Waals surface area contributed by atoms with Crippen molar-refractivity contribution < 1.29 is 42.1 Å². The molecule has 0 rings (SSSR count). The number of quaternary nitrogens is 1. The van der Waals surface area contributed by atoms with Gasteiger partial charge in [0.2, 0.25) is 0 Å².